The van der Waals surface area contributed by atoms with Crippen molar-refractivity contribution in [3.8, 4) is 16.9 Å². The highest BCUT2D eigenvalue weighted by molar-refractivity contribution is 5.85. The Morgan fingerprint density at radius 2 is 1.86 bits per heavy atom. The molecule has 1 aliphatic heterocycles. The Balaban J connectivity index is 0.00000225. The van der Waals surface area contributed by atoms with Gasteiger partial charge in [0.2, 0.25) is 0 Å². The zero-order chi connectivity index (χ0) is 18.6. The van der Waals surface area contributed by atoms with Gasteiger partial charge in [-0.2, -0.15) is 5.10 Å². The molecule has 148 valence electrons. The van der Waals surface area contributed by atoms with Gasteiger partial charge in [0.1, 0.15) is 0 Å². The Morgan fingerprint density at radius 3 is 2.54 bits per heavy atom. The smallest absolute Gasteiger partial charge is 0.0972 e. The van der Waals surface area contributed by atoms with Crippen LogP contribution in [-0.2, 0) is 6.54 Å². The van der Waals surface area contributed by atoms with Gasteiger partial charge in [0.05, 0.1) is 17.5 Å². The first kappa shape index (κ1) is 20.6. The van der Waals surface area contributed by atoms with Gasteiger partial charge in [-0.15, -0.1) is 12.4 Å². The zero-order valence-corrected chi connectivity index (χ0v) is 16.8. The Morgan fingerprint density at radius 1 is 1.11 bits per heavy atom. The van der Waals surface area contributed by atoms with Gasteiger partial charge in [0.25, 0.3) is 0 Å². The Bertz CT molecular complexity index is 879. The van der Waals surface area contributed by atoms with Crippen LogP contribution in [0.4, 0.5) is 0 Å². The van der Waals surface area contributed by atoms with Gasteiger partial charge in [-0.25, -0.2) is 4.68 Å². The third kappa shape index (κ3) is 4.62. The van der Waals surface area contributed by atoms with Crippen LogP contribution < -0.4 is 10.6 Å². The summed E-state index contributed by atoms with van der Waals surface area (Å²) in [4.78, 5) is 0. The SMILES string of the molecule is Cc1ccc(-c2nn(-c3ccccc3)cc2CNCC2CNCC2O)cc1.Cl. The second-order valence-corrected chi connectivity index (χ2v) is 7.27. The summed E-state index contributed by atoms with van der Waals surface area (Å²) in [7, 11) is 0. The number of hydrogen-bond acceptors (Lipinski definition) is 4. The van der Waals surface area contributed by atoms with Crippen molar-refractivity contribution in [1.82, 2.24) is 20.4 Å². The van der Waals surface area contributed by atoms with Gasteiger partial charge in [-0.05, 0) is 19.1 Å². The second-order valence-electron chi connectivity index (χ2n) is 7.27. The molecule has 1 aliphatic rings. The number of nitrogens with zero attached hydrogens (tertiary/aromatic N) is 2. The van der Waals surface area contributed by atoms with Gasteiger partial charge >= 0.3 is 0 Å². The third-order valence-electron chi connectivity index (χ3n) is 5.16. The predicted octanol–water partition coefficient (Wildman–Crippen LogP) is 2.94. The molecule has 0 spiro atoms. The van der Waals surface area contributed by atoms with Crippen molar-refractivity contribution < 1.29 is 5.11 Å². The maximum atomic E-state index is 9.98. The number of β-amino-alcohol motifs (C(OH)–C–C–N with tert-alkyl or cyclic N) is 1. The van der Waals surface area contributed by atoms with Gasteiger partial charge in [0, 0.05) is 49.4 Å². The lowest BCUT2D eigenvalue weighted by atomic mass is 10.1. The molecular weight excluding hydrogens is 372 g/mol. The summed E-state index contributed by atoms with van der Waals surface area (Å²) in [5.74, 6) is 0.261. The molecule has 2 heterocycles. The number of aliphatic hydroxyl groups excluding tert-OH is 1. The molecule has 5 nitrogen and oxygen atoms in total. The quantitative estimate of drug-likeness (QED) is 0.597. The van der Waals surface area contributed by atoms with Crippen molar-refractivity contribution in [2.24, 2.45) is 5.92 Å². The van der Waals surface area contributed by atoms with E-state index >= 15 is 0 Å². The largest absolute Gasteiger partial charge is 0.391 e. The number of benzene rings is 2. The van der Waals surface area contributed by atoms with Crippen LogP contribution in [0, 0.1) is 12.8 Å². The fourth-order valence-corrected chi connectivity index (χ4v) is 3.53. The standard InChI is InChI=1S/C22H26N4O.ClH/c1-16-7-9-17(10-8-16)22-19(13-23-11-18-12-24-14-21(18)27)15-26(25-22)20-5-3-2-4-6-20;/h2-10,15,18,21,23-24,27H,11-14H2,1H3;1H. The van der Waals surface area contributed by atoms with E-state index in [0.29, 0.717) is 6.54 Å². The van der Waals surface area contributed by atoms with Crippen LogP contribution in [0.1, 0.15) is 11.1 Å². The van der Waals surface area contributed by atoms with E-state index in [2.05, 4.69) is 60.2 Å². The molecule has 28 heavy (non-hydrogen) atoms. The summed E-state index contributed by atoms with van der Waals surface area (Å²) in [6, 6.07) is 18.7. The molecule has 0 aliphatic carbocycles. The van der Waals surface area contributed by atoms with Gasteiger partial charge in [-0.1, -0.05) is 48.0 Å². The molecule has 0 radical (unpaired) electrons. The van der Waals surface area contributed by atoms with E-state index in [1.54, 1.807) is 0 Å². The number of halogens is 1. The molecule has 1 fully saturated rings. The number of aliphatic hydroxyl groups is 1. The van der Waals surface area contributed by atoms with E-state index < -0.39 is 0 Å². The normalized spacial score (nSPS) is 18.8. The minimum Gasteiger partial charge on any atom is -0.391 e. The van der Waals surface area contributed by atoms with Gasteiger partial charge in [0.15, 0.2) is 0 Å². The van der Waals surface area contributed by atoms with E-state index in [1.165, 1.54) is 5.56 Å². The number of aryl methyl sites for hydroxylation is 1. The summed E-state index contributed by atoms with van der Waals surface area (Å²) in [6.45, 7) is 5.15. The molecule has 2 unspecified atom stereocenters. The second kappa shape index (κ2) is 9.34. The topological polar surface area (TPSA) is 62.1 Å². The summed E-state index contributed by atoms with van der Waals surface area (Å²) in [5.41, 5.74) is 5.56. The van der Waals surface area contributed by atoms with E-state index in [0.717, 1.165) is 42.1 Å². The van der Waals surface area contributed by atoms with Crippen LogP contribution in [0.3, 0.4) is 0 Å². The Labute approximate surface area is 172 Å². The van der Waals surface area contributed by atoms with Crippen molar-refractivity contribution in [1.29, 1.82) is 0 Å². The molecule has 1 aromatic heterocycles. The highest BCUT2D eigenvalue weighted by atomic mass is 35.5. The fraction of sp³-hybridized carbons (Fsp3) is 0.318. The highest BCUT2D eigenvalue weighted by Crippen LogP contribution is 2.24. The zero-order valence-electron chi connectivity index (χ0n) is 16.0. The van der Waals surface area contributed by atoms with E-state index in [4.69, 9.17) is 5.10 Å². The summed E-state index contributed by atoms with van der Waals surface area (Å²) < 4.78 is 1.94. The van der Waals surface area contributed by atoms with Gasteiger partial charge in [-0.3, -0.25) is 0 Å². The lowest BCUT2D eigenvalue weighted by molar-refractivity contribution is 0.146. The maximum absolute atomic E-state index is 9.98. The third-order valence-corrected chi connectivity index (χ3v) is 5.16. The predicted molar refractivity (Wildman–Crippen MR) is 115 cm³/mol. The fourth-order valence-electron chi connectivity index (χ4n) is 3.53. The molecule has 4 rings (SSSR count). The van der Waals surface area contributed by atoms with Crippen LogP contribution in [0.2, 0.25) is 0 Å². The summed E-state index contributed by atoms with van der Waals surface area (Å²) >= 11 is 0. The summed E-state index contributed by atoms with van der Waals surface area (Å²) in [5, 5.41) is 21.6. The molecule has 3 aromatic rings. The van der Waals surface area contributed by atoms with Crippen LogP contribution in [0.5, 0.6) is 0 Å². The van der Waals surface area contributed by atoms with E-state index in [-0.39, 0.29) is 24.4 Å². The summed E-state index contributed by atoms with van der Waals surface area (Å²) in [6.07, 6.45) is 1.84. The molecular formula is C22H27ClN4O. The van der Waals surface area contributed by atoms with Crippen molar-refractivity contribution in [3.63, 3.8) is 0 Å². The van der Waals surface area contributed by atoms with Gasteiger partial charge < -0.3 is 15.7 Å². The van der Waals surface area contributed by atoms with Crippen LogP contribution >= 0.6 is 12.4 Å². The van der Waals surface area contributed by atoms with Crippen molar-refractivity contribution >= 4 is 12.4 Å². The molecule has 6 heteroatoms. The Hall–Kier alpha value is -2.18. The monoisotopic (exact) mass is 398 g/mol. The maximum Gasteiger partial charge on any atom is 0.0972 e. The van der Waals surface area contributed by atoms with Crippen LogP contribution in [0.15, 0.2) is 60.8 Å². The number of nitrogens with one attached hydrogen (secondary N) is 2. The minimum atomic E-state index is -0.263. The molecule has 3 N–H and O–H groups in total. The molecule has 0 bridgehead atoms. The molecule has 0 saturated carbocycles. The van der Waals surface area contributed by atoms with Crippen molar-refractivity contribution in [3.05, 3.63) is 71.9 Å². The highest BCUT2D eigenvalue weighted by Gasteiger charge is 2.24. The average Bonchev–Trinajstić information content (AvgIpc) is 3.30. The van der Waals surface area contributed by atoms with Crippen LogP contribution in [-0.4, -0.2) is 40.6 Å². The lowest BCUT2D eigenvalue weighted by Crippen LogP contribution is -2.30. The first-order chi connectivity index (χ1) is 13.2. The number of aromatic nitrogens is 2. The minimum absolute atomic E-state index is 0. The van der Waals surface area contributed by atoms with Crippen molar-refractivity contribution in [2.75, 3.05) is 19.6 Å². The Kier molecular flexibility index (Phi) is 6.86. The first-order valence-electron chi connectivity index (χ1n) is 9.51. The average molecular weight is 399 g/mol. The first-order valence-corrected chi connectivity index (χ1v) is 9.51. The molecule has 0 amide bonds. The number of para-hydroxylation sites is 1. The number of hydrogen-bond donors (Lipinski definition) is 3. The molecule has 2 atom stereocenters. The number of rotatable bonds is 6. The molecule has 1 saturated heterocycles. The lowest BCUT2D eigenvalue weighted by Gasteiger charge is -2.14. The van der Waals surface area contributed by atoms with E-state index in [1.807, 2.05) is 22.9 Å². The van der Waals surface area contributed by atoms with Crippen molar-refractivity contribution in [2.45, 2.75) is 19.6 Å². The van der Waals surface area contributed by atoms with E-state index in [9.17, 15) is 5.11 Å². The molecule has 2 aromatic carbocycles. The van der Waals surface area contributed by atoms with Crippen LogP contribution in [0.25, 0.3) is 16.9 Å².